The van der Waals surface area contributed by atoms with Crippen LogP contribution in [0.2, 0.25) is 0 Å². The number of hydrogen-bond acceptors (Lipinski definition) is 1. The predicted octanol–water partition coefficient (Wildman–Crippen LogP) is 3.71. The molecule has 3 aromatic rings. The van der Waals surface area contributed by atoms with Crippen molar-refractivity contribution in [2.45, 2.75) is 31.2 Å². The van der Waals surface area contributed by atoms with Crippen LogP contribution >= 0.6 is 0 Å². The fraction of sp³-hybridized carbons (Fsp3) is 0.333. The van der Waals surface area contributed by atoms with Gasteiger partial charge in [-0.2, -0.15) is 0 Å². The van der Waals surface area contributed by atoms with E-state index < -0.39 is 0 Å². The maximum absolute atomic E-state index is 3.73. The molecule has 2 nitrogen and oxygen atoms in total. The van der Waals surface area contributed by atoms with E-state index in [4.69, 9.17) is 0 Å². The first-order valence-corrected chi connectivity index (χ1v) is 7.67. The van der Waals surface area contributed by atoms with Crippen LogP contribution in [-0.2, 0) is 6.42 Å². The second-order valence-corrected chi connectivity index (χ2v) is 6.26. The first-order chi connectivity index (χ1) is 9.92. The van der Waals surface area contributed by atoms with E-state index in [0.29, 0.717) is 12.0 Å². The molecule has 100 valence electrons. The van der Waals surface area contributed by atoms with E-state index in [1.165, 1.54) is 53.0 Å². The van der Waals surface area contributed by atoms with Crippen molar-refractivity contribution in [2.75, 3.05) is 6.54 Å². The minimum Gasteiger partial charge on any atom is -0.360 e. The number of aromatic nitrogens is 1. The van der Waals surface area contributed by atoms with Gasteiger partial charge in [-0.15, -0.1) is 0 Å². The molecule has 20 heavy (non-hydrogen) atoms. The molecule has 0 unspecified atom stereocenters. The van der Waals surface area contributed by atoms with Crippen LogP contribution in [0.4, 0.5) is 0 Å². The molecule has 0 bridgehead atoms. The quantitative estimate of drug-likeness (QED) is 0.635. The van der Waals surface area contributed by atoms with Crippen LogP contribution in [-0.4, -0.2) is 17.6 Å². The summed E-state index contributed by atoms with van der Waals surface area (Å²) >= 11 is 0. The van der Waals surface area contributed by atoms with Crippen LogP contribution in [0, 0.1) is 0 Å². The number of aromatic amines is 1. The molecule has 0 saturated carbocycles. The van der Waals surface area contributed by atoms with E-state index in [2.05, 4.69) is 46.8 Å². The van der Waals surface area contributed by atoms with Crippen molar-refractivity contribution in [1.82, 2.24) is 10.3 Å². The van der Waals surface area contributed by atoms with Crippen LogP contribution in [0.15, 0.2) is 36.5 Å². The molecular weight excluding hydrogens is 244 g/mol. The zero-order chi connectivity index (χ0) is 13.1. The molecule has 1 saturated heterocycles. The minimum atomic E-state index is 0.636. The standard InChI is InChI=1S/C18H18N2/c1-2-5-13-11(4-1)8-15-14-6-3-7-19-16(14)9-12-10-20-18(13)17(12)15/h1-2,4-5,8,10,14,16,19-20H,3,6-7,9H2/t14-,16-/m1/s1. The highest BCUT2D eigenvalue weighted by atomic mass is 14.9. The fourth-order valence-electron chi connectivity index (χ4n) is 4.33. The highest BCUT2D eigenvalue weighted by Crippen LogP contribution is 2.43. The monoisotopic (exact) mass is 262 g/mol. The number of hydrogen-bond donors (Lipinski definition) is 2. The summed E-state index contributed by atoms with van der Waals surface area (Å²) in [6.45, 7) is 1.18. The predicted molar refractivity (Wildman–Crippen MR) is 83.3 cm³/mol. The maximum atomic E-state index is 3.73. The van der Waals surface area contributed by atoms with Crippen molar-refractivity contribution in [2.24, 2.45) is 0 Å². The Balaban J connectivity index is 1.89. The number of fused-ring (bicyclic) bond motifs is 4. The second kappa shape index (κ2) is 3.86. The molecular formula is C18H18N2. The Morgan fingerprint density at radius 3 is 3.10 bits per heavy atom. The lowest BCUT2D eigenvalue weighted by Gasteiger charge is -2.37. The first-order valence-electron chi connectivity index (χ1n) is 7.67. The summed E-state index contributed by atoms with van der Waals surface area (Å²) in [4.78, 5) is 3.54. The third-order valence-corrected chi connectivity index (χ3v) is 5.22. The fourth-order valence-corrected chi connectivity index (χ4v) is 4.33. The lowest BCUT2D eigenvalue weighted by Crippen LogP contribution is -2.43. The molecule has 2 atom stereocenters. The van der Waals surface area contributed by atoms with Gasteiger partial charge in [0.2, 0.25) is 0 Å². The van der Waals surface area contributed by atoms with Gasteiger partial charge >= 0.3 is 0 Å². The molecule has 2 heterocycles. The van der Waals surface area contributed by atoms with E-state index in [-0.39, 0.29) is 0 Å². The molecule has 5 rings (SSSR count). The molecule has 1 fully saturated rings. The summed E-state index contributed by atoms with van der Waals surface area (Å²) in [5, 5.41) is 7.97. The summed E-state index contributed by atoms with van der Waals surface area (Å²) in [5.74, 6) is 0.694. The van der Waals surface area contributed by atoms with Crippen molar-refractivity contribution < 1.29 is 0 Å². The molecule has 0 spiro atoms. The zero-order valence-corrected chi connectivity index (χ0v) is 11.4. The van der Waals surface area contributed by atoms with Gasteiger partial charge in [-0.1, -0.05) is 30.3 Å². The van der Waals surface area contributed by atoms with Crippen molar-refractivity contribution in [3.05, 3.63) is 47.7 Å². The van der Waals surface area contributed by atoms with E-state index in [9.17, 15) is 0 Å². The van der Waals surface area contributed by atoms with Crippen molar-refractivity contribution in [1.29, 1.82) is 0 Å². The minimum absolute atomic E-state index is 0.636. The summed E-state index contributed by atoms with van der Waals surface area (Å²) < 4.78 is 0. The normalized spacial score (nSPS) is 25.0. The Morgan fingerprint density at radius 2 is 2.10 bits per heavy atom. The van der Waals surface area contributed by atoms with Gasteiger partial charge < -0.3 is 10.3 Å². The second-order valence-electron chi connectivity index (χ2n) is 6.26. The molecule has 1 aromatic heterocycles. The topological polar surface area (TPSA) is 27.8 Å². The molecule has 1 aliphatic carbocycles. The molecule has 2 heteroatoms. The number of benzene rings is 2. The van der Waals surface area contributed by atoms with Crippen LogP contribution in [0.3, 0.4) is 0 Å². The van der Waals surface area contributed by atoms with Gasteiger partial charge in [-0.25, -0.2) is 0 Å². The Labute approximate surface area is 118 Å². The van der Waals surface area contributed by atoms with E-state index in [1.54, 1.807) is 5.56 Å². The van der Waals surface area contributed by atoms with Gasteiger partial charge in [-0.05, 0) is 42.3 Å². The maximum Gasteiger partial charge on any atom is 0.0539 e. The SMILES string of the molecule is c1ccc2c(c1)cc1c3c(c[nH]c32)C[C@H]2NCCC[C@H]12. The zero-order valence-electron chi connectivity index (χ0n) is 11.4. The summed E-state index contributed by atoms with van der Waals surface area (Å²) in [7, 11) is 0. The van der Waals surface area contributed by atoms with Gasteiger partial charge in [0, 0.05) is 28.9 Å². The summed E-state index contributed by atoms with van der Waals surface area (Å²) in [6.07, 6.45) is 6.04. The number of piperidine rings is 1. The van der Waals surface area contributed by atoms with Crippen molar-refractivity contribution in [3.63, 3.8) is 0 Å². The molecule has 1 aliphatic heterocycles. The highest BCUT2D eigenvalue weighted by molar-refractivity contribution is 6.09. The van der Waals surface area contributed by atoms with Gasteiger partial charge in [0.15, 0.2) is 0 Å². The van der Waals surface area contributed by atoms with Gasteiger partial charge in [0.25, 0.3) is 0 Å². The van der Waals surface area contributed by atoms with Gasteiger partial charge in [0.1, 0.15) is 0 Å². The number of nitrogens with one attached hydrogen (secondary N) is 2. The molecule has 2 aromatic carbocycles. The average Bonchev–Trinajstić information content (AvgIpc) is 2.92. The summed E-state index contributed by atoms with van der Waals surface area (Å²) in [5.41, 5.74) is 4.41. The Hall–Kier alpha value is -1.80. The van der Waals surface area contributed by atoms with Gasteiger partial charge in [-0.3, -0.25) is 0 Å². The molecule has 2 aliphatic rings. The third kappa shape index (κ3) is 1.32. The Kier molecular flexibility index (Phi) is 2.11. The third-order valence-electron chi connectivity index (χ3n) is 5.22. The van der Waals surface area contributed by atoms with Crippen LogP contribution in [0.5, 0.6) is 0 Å². The molecule has 0 amide bonds. The van der Waals surface area contributed by atoms with Crippen molar-refractivity contribution in [3.8, 4) is 0 Å². The highest BCUT2D eigenvalue weighted by Gasteiger charge is 2.33. The number of H-pyrrole nitrogens is 1. The van der Waals surface area contributed by atoms with E-state index >= 15 is 0 Å². The summed E-state index contributed by atoms with van der Waals surface area (Å²) in [6, 6.07) is 11.8. The van der Waals surface area contributed by atoms with Crippen molar-refractivity contribution >= 4 is 21.7 Å². The van der Waals surface area contributed by atoms with Crippen LogP contribution < -0.4 is 5.32 Å². The Bertz CT molecular complexity index is 815. The van der Waals surface area contributed by atoms with E-state index in [0.717, 1.165) is 0 Å². The Morgan fingerprint density at radius 1 is 1.15 bits per heavy atom. The number of rotatable bonds is 0. The van der Waals surface area contributed by atoms with Gasteiger partial charge in [0.05, 0.1) is 5.52 Å². The van der Waals surface area contributed by atoms with Crippen LogP contribution in [0.25, 0.3) is 21.7 Å². The van der Waals surface area contributed by atoms with Crippen LogP contribution in [0.1, 0.15) is 29.9 Å². The largest absolute Gasteiger partial charge is 0.360 e. The smallest absolute Gasteiger partial charge is 0.0539 e. The molecule has 0 radical (unpaired) electrons. The lowest BCUT2D eigenvalue weighted by molar-refractivity contribution is 0.345. The first kappa shape index (κ1) is 10.9. The van der Waals surface area contributed by atoms with E-state index in [1.807, 2.05) is 0 Å². The lowest BCUT2D eigenvalue weighted by atomic mass is 9.75. The molecule has 2 N–H and O–H groups in total. The average molecular weight is 262 g/mol.